The fourth-order valence-corrected chi connectivity index (χ4v) is 1.89. The molecule has 0 saturated carbocycles. The van der Waals surface area contributed by atoms with E-state index in [-0.39, 0.29) is 18.4 Å². The number of alkyl carbamates (subject to hydrolysis) is 1. The molecule has 1 aromatic rings. The lowest BCUT2D eigenvalue weighted by atomic mass is 9.97. The summed E-state index contributed by atoms with van der Waals surface area (Å²) in [5.74, 6) is -0.241. The van der Waals surface area contributed by atoms with Crippen molar-refractivity contribution in [1.29, 1.82) is 0 Å². The number of carbonyl (C=O) groups excluding carboxylic acids is 2. The van der Waals surface area contributed by atoms with E-state index in [1.54, 1.807) is 0 Å². The van der Waals surface area contributed by atoms with Gasteiger partial charge >= 0.3 is 6.09 Å². The predicted octanol–water partition coefficient (Wildman–Crippen LogP) is 0.674. The molecule has 1 heterocycles. The van der Waals surface area contributed by atoms with Crippen molar-refractivity contribution in [2.24, 2.45) is 5.92 Å². The number of benzene rings is 1. The van der Waals surface area contributed by atoms with Crippen LogP contribution in [0.2, 0.25) is 0 Å². The van der Waals surface area contributed by atoms with E-state index >= 15 is 0 Å². The first-order valence-electron chi connectivity index (χ1n) is 6.47. The van der Waals surface area contributed by atoms with Crippen LogP contribution in [0.1, 0.15) is 5.56 Å². The second kappa shape index (κ2) is 6.91. The summed E-state index contributed by atoms with van der Waals surface area (Å²) >= 11 is 0. The second-order valence-electron chi connectivity index (χ2n) is 4.60. The van der Waals surface area contributed by atoms with Gasteiger partial charge < -0.3 is 20.1 Å². The highest BCUT2D eigenvalue weighted by Gasteiger charge is 2.34. The Kier molecular flexibility index (Phi) is 4.95. The third kappa shape index (κ3) is 3.71. The molecule has 0 radical (unpaired) electrons. The van der Waals surface area contributed by atoms with Gasteiger partial charge in [-0.05, 0) is 5.56 Å². The van der Waals surface area contributed by atoms with Gasteiger partial charge in [-0.25, -0.2) is 4.79 Å². The van der Waals surface area contributed by atoms with E-state index in [2.05, 4.69) is 10.6 Å². The lowest BCUT2D eigenvalue weighted by molar-refractivity contribution is -0.130. The van der Waals surface area contributed by atoms with Gasteiger partial charge in [-0.15, -0.1) is 0 Å². The van der Waals surface area contributed by atoms with Crippen molar-refractivity contribution in [3.63, 3.8) is 0 Å². The first-order chi connectivity index (χ1) is 9.70. The minimum absolute atomic E-state index is 0.000717. The third-order valence-corrected chi connectivity index (χ3v) is 3.15. The van der Waals surface area contributed by atoms with Gasteiger partial charge in [0.25, 0.3) is 0 Å². The summed E-state index contributed by atoms with van der Waals surface area (Å²) in [6.45, 7) is 1.11. The molecular weight excluding hydrogens is 260 g/mol. The van der Waals surface area contributed by atoms with Gasteiger partial charge in [-0.1, -0.05) is 30.3 Å². The average Bonchev–Trinajstić information content (AvgIpc) is 2.43. The van der Waals surface area contributed by atoms with E-state index in [4.69, 9.17) is 9.47 Å². The predicted molar refractivity (Wildman–Crippen MR) is 71.9 cm³/mol. The summed E-state index contributed by atoms with van der Waals surface area (Å²) < 4.78 is 10.2. The first-order valence-corrected chi connectivity index (χ1v) is 6.47. The largest absolute Gasteiger partial charge is 0.445 e. The Labute approximate surface area is 117 Å². The number of carbonyl (C=O) groups is 2. The molecule has 1 aromatic carbocycles. The van der Waals surface area contributed by atoms with E-state index in [0.717, 1.165) is 5.56 Å². The molecule has 20 heavy (non-hydrogen) atoms. The Balaban J connectivity index is 1.83. The highest BCUT2D eigenvalue weighted by molar-refractivity contribution is 5.85. The first kappa shape index (κ1) is 14.3. The minimum Gasteiger partial charge on any atom is -0.445 e. The zero-order chi connectivity index (χ0) is 14.4. The number of likely N-dealkylation sites (N-methyl/N-ethyl adjacent to an activating group) is 1. The summed E-state index contributed by atoms with van der Waals surface area (Å²) in [6.07, 6.45) is -0.602. The number of ether oxygens (including phenoxy) is 2. The molecule has 0 bridgehead atoms. The van der Waals surface area contributed by atoms with Gasteiger partial charge in [0.2, 0.25) is 5.91 Å². The van der Waals surface area contributed by atoms with Crippen molar-refractivity contribution < 1.29 is 19.1 Å². The summed E-state index contributed by atoms with van der Waals surface area (Å²) in [7, 11) is 1.53. The van der Waals surface area contributed by atoms with Crippen LogP contribution in [-0.4, -0.2) is 38.3 Å². The Morgan fingerprint density at radius 3 is 2.60 bits per heavy atom. The second-order valence-corrected chi connectivity index (χ2v) is 4.60. The summed E-state index contributed by atoms with van der Waals surface area (Å²) in [6, 6.07) is 8.75. The number of hydrogen-bond acceptors (Lipinski definition) is 4. The van der Waals surface area contributed by atoms with Crippen LogP contribution in [0, 0.1) is 5.92 Å². The van der Waals surface area contributed by atoms with Crippen molar-refractivity contribution in [3.05, 3.63) is 35.9 Å². The Bertz CT molecular complexity index is 460. The van der Waals surface area contributed by atoms with Crippen molar-refractivity contribution in [3.8, 4) is 0 Å². The van der Waals surface area contributed by atoms with Crippen LogP contribution in [-0.2, 0) is 20.9 Å². The minimum atomic E-state index is -0.614. The molecular formula is C14H18N2O4. The molecule has 0 unspecified atom stereocenters. The number of nitrogens with one attached hydrogen (secondary N) is 2. The molecule has 1 fully saturated rings. The van der Waals surface area contributed by atoms with Gasteiger partial charge in [-0.2, -0.15) is 0 Å². The van der Waals surface area contributed by atoms with Crippen LogP contribution in [0.15, 0.2) is 30.3 Å². The summed E-state index contributed by atoms with van der Waals surface area (Å²) in [4.78, 5) is 23.5. The Hall–Kier alpha value is -2.08. The third-order valence-electron chi connectivity index (χ3n) is 3.15. The smallest absolute Gasteiger partial charge is 0.408 e. The molecule has 6 heteroatoms. The molecule has 0 aliphatic carbocycles. The monoisotopic (exact) mass is 278 g/mol. The Morgan fingerprint density at radius 2 is 2.05 bits per heavy atom. The van der Waals surface area contributed by atoms with E-state index in [1.165, 1.54) is 7.05 Å². The fraction of sp³-hybridized carbons (Fsp3) is 0.429. The van der Waals surface area contributed by atoms with Crippen LogP contribution in [0.25, 0.3) is 0 Å². The topological polar surface area (TPSA) is 76.7 Å². The van der Waals surface area contributed by atoms with Crippen LogP contribution in [0.5, 0.6) is 0 Å². The maximum Gasteiger partial charge on any atom is 0.408 e. The Morgan fingerprint density at radius 1 is 1.35 bits per heavy atom. The lowest BCUT2D eigenvalue weighted by Gasteiger charge is -2.32. The molecule has 1 atom stereocenters. The van der Waals surface area contributed by atoms with Crippen molar-refractivity contribution in [2.75, 3.05) is 20.3 Å². The maximum absolute atomic E-state index is 11.7. The summed E-state index contributed by atoms with van der Waals surface area (Å²) in [5.41, 5.74) is 0.895. The summed E-state index contributed by atoms with van der Waals surface area (Å²) in [5, 5.41) is 5.12. The number of amides is 2. The molecule has 0 spiro atoms. The zero-order valence-electron chi connectivity index (χ0n) is 11.3. The van der Waals surface area contributed by atoms with Crippen LogP contribution in [0.4, 0.5) is 4.79 Å². The SMILES string of the molecule is CNC(=O)[C@H](NC(=O)OCc1ccccc1)C1COC1. The van der Waals surface area contributed by atoms with Gasteiger partial charge in [-0.3, -0.25) is 4.79 Å². The van der Waals surface area contributed by atoms with Gasteiger partial charge in [0, 0.05) is 13.0 Å². The standard InChI is InChI=1S/C14H18N2O4/c1-15-13(17)12(11-8-19-9-11)16-14(18)20-7-10-5-3-2-4-6-10/h2-6,11-12H,7-9H2,1H3,(H,15,17)(H,16,18)/t12-/m1/s1. The normalized spacial score (nSPS) is 15.8. The molecule has 1 aliphatic rings. The molecule has 108 valence electrons. The molecule has 2 amide bonds. The quantitative estimate of drug-likeness (QED) is 0.830. The molecule has 1 saturated heterocycles. The number of hydrogen-bond donors (Lipinski definition) is 2. The van der Waals surface area contributed by atoms with Crippen LogP contribution < -0.4 is 10.6 Å². The molecule has 2 rings (SSSR count). The maximum atomic E-state index is 11.7. The van der Waals surface area contributed by atoms with Crippen molar-refractivity contribution >= 4 is 12.0 Å². The van der Waals surface area contributed by atoms with Gasteiger partial charge in [0.05, 0.1) is 13.2 Å². The van der Waals surface area contributed by atoms with Crippen molar-refractivity contribution in [2.45, 2.75) is 12.6 Å². The fourth-order valence-electron chi connectivity index (χ4n) is 1.89. The van der Waals surface area contributed by atoms with Crippen LogP contribution in [0.3, 0.4) is 0 Å². The average molecular weight is 278 g/mol. The van der Waals surface area contributed by atoms with Gasteiger partial charge in [0.15, 0.2) is 0 Å². The van der Waals surface area contributed by atoms with E-state index < -0.39 is 12.1 Å². The van der Waals surface area contributed by atoms with Gasteiger partial charge in [0.1, 0.15) is 12.6 Å². The van der Waals surface area contributed by atoms with Crippen LogP contribution >= 0.6 is 0 Å². The highest BCUT2D eigenvalue weighted by atomic mass is 16.5. The zero-order valence-corrected chi connectivity index (χ0v) is 11.3. The number of rotatable bonds is 5. The molecule has 2 N–H and O–H groups in total. The molecule has 6 nitrogen and oxygen atoms in total. The van der Waals surface area contributed by atoms with E-state index in [9.17, 15) is 9.59 Å². The lowest BCUT2D eigenvalue weighted by Crippen LogP contribution is -2.55. The molecule has 0 aromatic heterocycles. The van der Waals surface area contributed by atoms with E-state index in [1.807, 2.05) is 30.3 Å². The highest BCUT2D eigenvalue weighted by Crippen LogP contribution is 2.15. The molecule has 1 aliphatic heterocycles. The van der Waals surface area contributed by atoms with E-state index in [0.29, 0.717) is 13.2 Å². The van der Waals surface area contributed by atoms with Crippen molar-refractivity contribution in [1.82, 2.24) is 10.6 Å².